The van der Waals surface area contributed by atoms with Gasteiger partial charge < -0.3 is 14.2 Å². The zero-order valence-corrected chi connectivity index (χ0v) is 15.2. The number of hydrogen-bond acceptors (Lipinski definition) is 5. The molecule has 0 radical (unpaired) electrons. The number of ether oxygens (including phenoxy) is 3. The summed E-state index contributed by atoms with van der Waals surface area (Å²) in [7, 11) is 1.18. The molecule has 0 aliphatic heterocycles. The molecule has 5 heteroatoms. The van der Waals surface area contributed by atoms with Crippen molar-refractivity contribution < 1.29 is 23.8 Å². The van der Waals surface area contributed by atoms with Gasteiger partial charge in [0, 0.05) is 5.56 Å². The van der Waals surface area contributed by atoms with Crippen LogP contribution in [0.5, 0.6) is 11.5 Å². The molecule has 3 aromatic carbocycles. The van der Waals surface area contributed by atoms with Gasteiger partial charge in [-0.05, 0) is 53.6 Å². The summed E-state index contributed by atoms with van der Waals surface area (Å²) < 4.78 is 15.9. The molecule has 5 nitrogen and oxygen atoms in total. The third-order valence-electron chi connectivity index (χ3n) is 4.16. The van der Waals surface area contributed by atoms with Crippen molar-refractivity contribution >= 4 is 22.5 Å². The molecule has 0 atom stereocenters. The summed E-state index contributed by atoms with van der Waals surface area (Å²) in [6.45, 7) is 2.49. The standard InChI is InChI=1S/C22H20O5/c1-15-13-18(9-10-20(15)21(23)22(24)25-2)26-11-12-27-19-8-7-16-5-3-4-6-17(16)14-19/h3-10,13-14H,11-12H2,1-2H3. The van der Waals surface area contributed by atoms with Crippen LogP contribution in [0.4, 0.5) is 0 Å². The summed E-state index contributed by atoms with van der Waals surface area (Å²) in [5.74, 6) is -0.153. The number of hydrogen-bond donors (Lipinski definition) is 0. The monoisotopic (exact) mass is 364 g/mol. The molecule has 0 fully saturated rings. The number of carbonyl (C=O) groups excluding carboxylic acids is 2. The van der Waals surface area contributed by atoms with Gasteiger partial charge in [-0.1, -0.05) is 30.3 Å². The van der Waals surface area contributed by atoms with Crippen LogP contribution in [-0.4, -0.2) is 32.1 Å². The van der Waals surface area contributed by atoms with E-state index in [-0.39, 0.29) is 0 Å². The fourth-order valence-electron chi connectivity index (χ4n) is 2.76. The van der Waals surface area contributed by atoms with E-state index in [0.29, 0.717) is 30.1 Å². The Balaban J connectivity index is 1.54. The summed E-state index contributed by atoms with van der Waals surface area (Å²) in [6.07, 6.45) is 0. The highest BCUT2D eigenvalue weighted by Crippen LogP contribution is 2.21. The van der Waals surface area contributed by atoms with Crippen molar-refractivity contribution in [3.63, 3.8) is 0 Å². The third-order valence-corrected chi connectivity index (χ3v) is 4.16. The zero-order valence-electron chi connectivity index (χ0n) is 15.2. The van der Waals surface area contributed by atoms with Crippen LogP contribution >= 0.6 is 0 Å². The average Bonchev–Trinajstić information content (AvgIpc) is 2.70. The highest BCUT2D eigenvalue weighted by Gasteiger charge is 2.18. The summed E-state index contributed by atoms with van der Waals surface area (Å²) in [6, 6.07) is 19.0. The van der Waals surface area contributed by atoms with Crippen molar-refractivity contribution in [2.75, 3.05) is 20.3 Å². The smallest absolute Gasteiger partial charge is 0.379 e. The largest absolute Gasteiger partial charge is 0.490 e. The molecule has 0 saturated heterocycles. The molecule has 0 aliphatic rings. The molecule has 0 bridgehead atoms. The summed E-state index contributed by atoms with van der Waals surface area (Å²) in [5.41, 5.74) is 0.958. The second-order valence-corrected chi connectivity index (χ2v) is 6.00. The zero-order chi connectivity index (χ0) is 19.2. The van der Waals surface area contributed by atoms with Crippen molar-refractivity contribution in [3.05, 3.63) is 71.8 Å². The highest BCUT2D eigenvalue weighted by atomic mass is 16.5. The van der Waals surface area contributed by atoms with E-state index in [9.17, 15) is 9.59 Å². The second-order valence-electron chi connectivity index (χ2n) is 6.00. The number of methoxy groups -OCH3 is 1. The first-order valence-corrected chi connectivity index (χ1v) is 8.56. The van der Waals surface area contributed by atoms with Crippen LogP contribution in [0.15, 0.2) is 60.7 Å². The lowest BCUT2D eigenvalue weighted by atomic mass is 10.0. The number of carbonyl (C=O) groups is 2. The molecule has 138 valence electrons. The van der Waals surface area contributed by atoms with E-state index in [4.69, 9.17) is 9.47 Å². The van der Waals surface area contributed by atoms with Crippen LogP contribution in [0.1, 0.15) is 15.9 Å². The Morgan fingerprint density at radius 3 is 2.11 bits per heavy atom. The Bertz CT molecular complexity index is 977. The van der Waals surface area contributed by atoms with Crippen LogP contribution in [0.2, 0.25) is 0 Å². The maximum atomic E-state index is 11.9. The van der Waals surface area contributed by atoms with E-state index in [0.717, 1.165) is 16.5 Å². The number of benzene rings is 3. The van der Waals surface area contributed by atoms with Crippen molar-refractivity contribution in [2.45, 2.75) is 6.92 Å². The van der Waals surface area contributed by atoms with Crippen LogP contribution in [0.25, 0.3) is 10.8 Å². The average molecular weight is 364 g/mol. The number of esters is 1. The lowest BCUT2D eigenvalue weighted by Crippen LogP contribution is -2.17. The number of rotatable bonds is 7. The van der Waals surface area contributed by atoms with Crippen LogP contribution in [0, 0.1) is 6.92 Å². The van der Waals surface area contributed by atoms with E-state index in [1.54, 1.807) is 25.1 Å². The molecule has 0 amide bonds. The van der Waals surface area contributed by atoms with Crippen molar-refractivity contribution in [1.29, 1.82) is 0 Å². The van der Waals surface area contributed by atoms with E-state index in [1.807, 2.05) is 36.4 Å². The van der Waals surface area contributed by atoms with E-state index in [2.05, 4.69) is 10.8 Å². The van der Waals surface area contributed by atoms with Crippen molar-refractivity contribution in [2.24, 2.45) is 0 Å². The topological polar surface area (TPSA) is 61.8 Å². The summed E-state index contributed by atoms with van der Waals surface area (Å²) in [5, 5.41) is 2.29. The van der Waals surface area contributed by atoms with E-state index in [1.165, 1.54) is 7.11 Å². The summed E-state index contributed by atoms with van der Waals surface area (Å²) >= 11 is 0. The van der Waals surface area contributed by atoms with E-state index < -0.39 is 11.8 Å². The van der Waals surface area contributed by atoms with Gasteiger partial charge in [-0.3, -0.25) is 4.79 Å². The molecule has 0 saturated carbocycles. The van der Waals surface area contributed by atoms with Crippen molar-refractivity contribution in [1.82, 2.24) is 0 Å². The lowest BCUT2D eigenvalue weighted by Gasteiger charge is -2.11. The molecule has 0 aromatic heterocycles. The number of fused-ring (bicyclic) bond motifs is 1. The second kappa shape index (κ2) is 8.36. The van der Waals surface area contributed by atoms with Gasteiger partial charge in [-0.25, -0.2) is 4.79 Å². The normalized spacial score (nSPS) is 10.4. The molecule has 3 aromatic rings. The van der Waals surface area contributed by atoms with Gasteiger partial charge in [-0.15, -0.1) is 0 Å². The van der Waals surface area contributed by atoms with Gasteiger partial charge in [0.25, 0.3) is 5.78 Å². The van der Waals surface area contributed by atoms with Gasteiger partial charge in [0.1, 0.15) is 24.7 Å². The maximum absolute atomic E-state index is 11.9. The molecule has 0 spiro atoms. The minimum Gasteiger partial charge on any atom is -0.490 e. The fourth-order valence-corrected chi connectivity index (χ4v) is 2.76. The first kappa shape index (κ1) is 18.5. The van der Waals surface area contributed by atoms with Gasteiger partial charge >= 0.3 is 5.97 Å². The Hall–Kier alpha value is -3.34. The van der Waals surface area contributed by atoms with Crippen LogP contribution in [0.3, 0.4) is 0 Å². The molecule has 27 heavy (non-hydrogen) atoms. The first-order valence-electron chi connectivity index (χ1n) is 8.56. The Labute approximate surface area is 157 Å². The molecule has 0 N–H and O–H groups in total. The Morgan fingerprint density at radius 1 is 0.815 bits per heavy atom. The predicted molar refractivity (Wildman–Crippen MR) is 102 cm³/mol. The maximum Gasteiger partial charge on any atom is 0.379 e. The van der Waals surface area contributed by atoms with E-state index >= 15 is 0 Å². The molecule has 0 unspecified atom stereocenters. The van der Waals surface area contributed by atoms with Crippen molar-refractivity contribution in [3.8, 4) is 11.5 Å². The number of aryl methyl sites for hydroxylation is 1. The fraction of sp³-hybridized carbons (Fsp3) is 0.182. The molecule has 0 aliphatic carbocycles. The SMILES string of the molecule is COC(=O)C(=O)c1ccc(OCCOc2ccc3ccccc3c2)cc1C. The van der Waals surface area contributed by atoms with Gasteiger partial charge in [0.15, 0.2) is 0 Å². The van der Waals surface area contributed by atoms with Gasteiger partial charge in [0.05, 0.1) is 7.11 Å². The quantitative estimate of drug-likeness (QED) is 0.275. The van der Waals surface area contributed by atoms with Crippen LogP contribution in [-0.2, 0) is 9.53 Å². The summed E-state index contributed by atoms with van der Waals surface area (Å²) in [4.78, 5) is 23.2. The lowest BCUT2D eigenvalue weighted by molar-refractivity contribution is -0.135. The highest BCUT2D eigenvalue weighted by molar-refractivity contribution is 6.40. The predicted octanol–water partition coefficient (Wildman–Crippen LogP) is 3.96. The van der Waals surface area contributed by atoms with Gasteiger partial charge in [-0.2, -0.15) is 0 Å². The molecule has 3 rings (SSSR count). The molecular formula is C22H20O5. The Kier molecular flexibility index (Phi) is 5.71. The molecular weight excluding hydrogens is 344 g/mol. The number of Topliss-reactive ketones (excluding diaryl/α,β-unsaturated/α-hetero) is 1. The minimum absolute atomic E-state index is 0.307. The molecule has 0 heterocycles. The minimum atomic E-state index is -0.879. The first-order chi connectivity index (χ1) is 13.1. The third kappa shape index (κ3) is 4.44. The van der Waals surface area contributed by atoms with Crippen LogP contribution < -0.4 is 9.47 Å². The van der Waals surface area contributed by atoms with Gasteiger partial charge in [0.2, 0.25) is 0 Å². The number of ketones is 1. The Morgan fingerprint density at radius 2 is 1.44 bits per heavy atom.